The van der Waals surface area contributed by atoms with Crippen molar-refractivity contribution >= 4 is 11.8 Å². The van der Waals surface area contributed by atoms with Gasteiger partial charge in [0.2, 0.25) is 0 Å². The second-order valence-electron chi connectivity index (χ2n) is 8.51. The van der Waals surface area contributed by atoms with Crippen LogP contribution in [0.4, 0.5) is 4.39 Å². The molecule has 3 atom stereocenters. The minimum Gasteiger partial charge on any atom is -0.487 e. The molecule has 4 rings (SSSR count). The predicted molar refractivity (Wildman–Crippen MR) is 128 cm³/mol. The standard InChI is InChI=1S/C28H27FO6/c1-33-26(28(31)32)17-18-5-13-22(14-6-18)34-24-3-2-4-25(24)35-23-15-9-20(10-16-23)27(30)19-7-11-21(29)12-8-19/h5-16,24-26H,2-4,17H2,1H3,(H,31,32). The van der Waals surface area contributed by atoms with Gasteiger partial charge < -0.3 is 19.3 Å². The molecule has 1 N–H and O–H groups in total. The van der Waals surface area contributed by atoms with Gasteiger partial charge in [-0.3, -0.25) is 4.79 Å². The normalized spacial score (nSPS) is 18.1. The molecule has 3 aromatic carbocycles. The minimum atomic E-state index is -0.994. The van der Waals surface area contributed by atoms with Crippen molar-refractivity contribution in [3.05, 3.63) is 95.3 Å². The number of carbonyl (C=O) groups is 2. The number of methoxy groups -OCH3 is 1. The Bertz CT molecular complexity index is 1140. The molecule has 1 aliphatic carbocycles. The van der Waals surface area contributed by atoms with E-state index in [-0.39, 0.29) is 30.2 Å². The van der Waals surface area contributed by atoms with Gasteiger partial charge in [-0.1, -0.05) is 12.1 Å². The SMILES string of the molecule is COC(Cc1ccc(OC2CCCC2Oc2ccc(C(=O)c3ccc(F)cc3)cc2)cc1)C(=O)O. The molecule has 0 spiro atoms. The molecular weight excluding hydrogens is 451 g/mol. The third kappa shape index (κ3) is 6.25. The molecule has 0 saturated heterocycles. The van der Waals surface area contributed by atoms with Crippen LogP contribution in [-0.4, -0.2) is 42.3 Å². The Balaban J connectivity index is 1.35. The number of carboxylic acids is 1. The summed E-state index contributed by atoms with van der Waals surface area (Å²) in [5, 5.41) is 9.14. The molecule has 1 aliphatic rings. The predicted octanol–water partition coefficient (Wildman–Crippen LogP) is 5.08. The van der Waals surface area contributed by atoms with Crippen LogP contribution >= 0.6 is 0 Å². The molecule has 0 bridgehead atoms. The summed E-state index contributed by atoms with van der Waals surface area (Å²) in [6.07, 6.45) is 1.84. The summed E-state index contributed by atoms with van der Waals surface area (Å²) in [4.78, 5) is 23.7. The second kappa shape index (κ2) is 11.1. The molecule has 0 radical (unpaired) electrons. The average molecular weight is 479 g/mol. The lowest BCUT2D eigenvalue weighted by Gasteiger charge is -2.23. The number of hydrogen-bond acceptors (Lipinski definition) is 5. The maximum atomic E-state index is 13.1. The third-order valence-corrected chi connectivity index (χ3v) is 6.09. The largest absolute Gasteiger partial charge is 0.487 e. The number of rotatable bonds is 10. The summed E-state index contributed by atoms with van der Waals surface area (Å²) < 4.78 is 30.4. The van der Waals surface area contributed by atoms with Crippen LogP contribution < -0.4 is 9.47 Å². The highest BCUT2D eigenvalue weighted by Crippen LogP contribution is 2.29. The Morgan fingerprint density at radius 2 is 1.34 bits per heavy atom. The van der Waals surface area contributed by atoms with E-state index in [1.807, 2.05) is 24.3 Å². The smallest absolute Gasteiger partial charge is 0.333 e. The molecular formula is C28H27FO6. The van der Waals surface area contributed by atoms with E-state index in [1.54, 1.807) is 24.3 Å². The van der Waals surface area contributed by atoms with Crippen LogP contribution in [0.1, 0.15) is 40.7 Å². The summed E-state index contributed by atoms with van der Waals surface area (Å²) in [5.41, 5.74) is 1.78. The van der Waals surface area contributed by atoms with E-state index in [9.17, 15) is 14.0 Å². The van der Waals surface area contributed by atoms with E-state index in [2.05, 4.69) is 0 Å². The quantitative estimate of drug-likeness (QED) is 0.410. The van der Waals surface area contributed by atoms with Gasteiger partial charge in [-0.15, -0.1) is 0 Å². The average Bonchev–Trinajstić information content (AvgIpc) is 3.30. The molecule has 6 nitrogen and oxygen atoms in total. The molecule has 0 aliphatic heterocycles. The highest BCUT2D eigenvalue weighted by Gasteiger charge is 2.31. The van der Waals surface area contributed by atoms with Crippen molar-refractivity contribution in [2.75, 3.05) is 7.11 Å². The van der Waals surface area contributed by atoms with Gasteiger partial charge in [0.25, 0.3) is 0 Å². The van der Waals surface area contributed by atoms with Crippen LogP contribution in [0.2, 0.25) is 0 Å². The summed E-state index contributed by atoms with van der Waals surface area (Å²) in [6, 6.07) is 19.7. The fourth-order valence-electron chi connectivity index (χ4n) is 4.15. The van der Waals surface area contributed by atoms with E-state index in [0.29, 0.717) is 22.6 Å². The maximum Gasteiger partial charge on any atom is 0.333 e. The lowest BCUT2D eigenvalue weighted by Crippen LogP contribution is -2.31. The molecule has 1 saturated carbocycles. The van der Waals surface area contributed by atoms with Gasteiger partial charge in [-0.2, -0.15) is 0 Å². The molecule has 3 unspecified atom stereocenters. The van der Waals surface area contributed by atoms with Crippen molar-refractivity contribution in [1.29, 1.82) is 0 Å². The Kier molecular flexibility index (Phi) is 7.77. The minimum absolute atomic E-state index is 0.118. The molecule has 0 heterocycles. The van der Waals surface area contributed by atoms with Crippen LogP contribution in [0, 0.1) is 5.82 Å². The van der Waals surface area contributed by atoms with Crippen LogP contribution in [-0.2, 0) is 16.0 Å². The number of carbonyl (C=O) groups excluding carboxylic acids is 1. The van der Waals surface area contributed by atoms with Crippen molar-refractivity contribution in [3.8, 4) is 11.5 Å². The van der Waals surface area contributed by atoms with Gasteiger partial charge in [-0.05, 0) is 85.5 Å². The lowest BCUT2D eigenvalue weighted by atomic mass is 10.0. The van der Waals surface area contributed by atoms with Crippen molar-refractivity contribution in [2.24, 2.45) is 0 Å². The van der Waals surface area contributed by atoms with E-state index in [1.165, 1.54) is 31.4 Å². The first kappa shape index (κ1) is 24.4. The fourth-order valence-corrected chi connectivity index (χ4v) is 4.15. The van der Waals surface area contributed by atoms with E-state index < -0.39 is 12.1 Å². The van der Waals surface area contributed by atoms with Crippen LogP contribution in [0.5, 0.6) is 11.5 Å². The van der Waals surface area contributed by atoms with Crippen molar-refractivity contribution in [1.82, 2.24) is 0 Å². The highest BCUT2D eigenvalue weighted by molar-refractivity contribution is 6.09. The first-order valence-corrected chi connectivity index (χ1v) is 11.5. The van der Waals surface area contributed by atoms with Gasteiger partial charge in [0, 0.05) is 24.7 Å². The van der Waals surface area contributed by atoms with Crippen LogP contribution in [0.15, 0.2) is 72.8 Å². The molecule has 35 heavy (non-hydrogen) atoms. The van der Waals surface area contributed by atoms with E-state index in [0.717, 1.165) is 24.8 Å². The number of halogens is 1. The summed E-state index contributed by atoms with van der Waals surface area (Å²) in [5.74, 6) is -0.212. The van der Waals surface area contributed by atoms with E-state index in [4.69, 9.17) is 19.3 Å². The number of ketones is 1. The van der Waals surface area contributed by atoms with Crippen molar-refractivity contribution in [2.45, 2.75) is 44.0 Å². The first-order chi connectivity index (χ1) is 16.9. The summed E-state index contributed by atoms with van der Waals surface area (Å²) in [6.45, 7) is 0. The van der Waals surface area contributed by atoms with Crippen LogP contribution in [0.3, 0.4) is 0 Å². The Labute approximate surface area is 203 Å². The van der Waals surface area contributed by atoms with Crippen molar-refractivity contribution in [3.63, 3.8) is 0 Å². The molecule has 182 valence electrons. The number of carboxylic acid groups (broad SMARTS) is 1. The summed E-state index contributed by atoms with van der Waals surface area (Å²) in [7, 11) is 1.38. The first-order valence-electron chi connectivity index (χ1n) is 11.5. The zero-order chi connectivity index (χ0) is 24.8. The second-order valence-corrected chi connectivity index (χ2v) is 8.51. The van der Waals surface area contributed by atoms with Crippen LogP contribution in [0.25, 0.3) is 0 Å². The molecule has 0 amide bonds. The number of ether oxygens (including phenoxy) is 3. The Hall–Kier alpha value is -3.71. The molecule has 0 aromatic heterocycles. The molecule has 3 aromatic rings. The Morgan fingerprint density at radius 3 is 1.83 bits per heavy atom. The highest BCUT2D eigenvalue weighted by atomic mass is 19.1. The van der Waals surface area contributed by atoms with Gasteiger partial charge in [0.1, 0.15) is 29.5 Å². The fraction of sp³-hybridized carbons (Fsp3) is 0.286. The van der Waals surface area contributed by atoms with Crippen molar-refractivity contribution < 1.29 is 33.3 Å². The van der Waals surface area contributed by atoms with Gasteiger partial charge in [-0.25, -0.2) is 9.18 Å². The molecule has 1 fully saturated rings. The van der Waals surface area contributed by atoms with E-state index >= 15 is 0 Å². The maximum absolute atomic E-state index is 13.1. The van der Waals surface area contributed by atoms with Gasteiger partial charge in [0.05, 0.1) is 0 Å². The topological polar surface area (TPSA) is 82.1 Å². The number of hydrogen-bond donors (Lipinski definition) is 1. The zero-order valence-corrected chi connectivity index (χ0v) is 19.4. The monoisotopic (exact) mass is 478 g/mol. The third-order valence-electron chi connectivity index (χ3n) is 6.09. The van der Waals surface area contributed by atoms with Gasteiger partial charge in [0.15, 0.2) is 11.9 Å². The zero-order valence-electron chi connectivity index (χ0n) is 19.4. The Morgan fingerprint density at radius 1 is 0.857 bits per heavy atom. The van der Waals surface area contributed by atoms with Gasteiger partial charge >= 0.3 is 5.97 Å². The lowest BCUT2D eigenvalue weighted by molar-refractivity contribution is -0.148. The number of aliphatic carboxylic acids is 1. The summed E-state index contributed by atoms with van der Waals surface area (Å²) >= 11 is 0. The molecule has 7 heteroatoms. The number of benzene rings is 3.